The van der Waals surface area contributed by atoms with Gasteiger partial charge in [0.15, 0.2) is 0 Å². The molecule has 0 aromatic heterocycles. The highest BCUT2D eigenvalue weighted by Crippen LogP contribution is 2.23. The van der Waals surface area contributed by atoms with Gasteiger partial charge in [-0.15, -0.1) is 0 Å². The number of hydrogen-bond donors (Lipinski definition) is 1. The van der Waals surface area contributed by atoms with Crippen LogP contribution in [0.1, 0.15) is 35.7 Å². The lowest BCUT2D eigenvalue weighted by Crippen LogP contribution is -2.28. The molecule has 0 radical (unpaired) electrons. The number of aryl methyl sites for hydroxylation is 1. The predicted octanol–water partition coefficient (Wildman–Crippen LogP) is 3.15. The maximum atomic E-state index is 12.4. The zero-order valence-corrected chi connectivity index (χ0v) is 13.4. The van der Waals surface area contributed by atoms with Gasteiger partial charge in [-0.3, -0.25) is 19.3 Å². The molecule has 3 amide bonds. The molecule has 5 nitrogen and oxygen atoms in total. The Morgan fingerprint density at radius 2 is 1.62 bits per heavy atom. The number of imide groups is 1. The first kappa shape index (κ1) is 15.9. The number of para-hydroxylation sites is 1. The summed E-state index contributed by atoms with van der Waals surface area (Å²) < 4.78 is 0. The lowest BCUT2D eigenvalue weighted by Gasteiger charge is -2.14. The number of carbonyl (C=O) groups is 3. The standard InChI is InChI=1S/C19H18N2O3/c1-2-13-5-3-4-6-16(13)20-19(24)14-7-9-15(10-8-14)21-17(22)11-12-18(21)23/h3-10H,2,11-12H2,1H3,(H,20,24). The summed E-state index contributed by atoms with van der Waals surface area (Å²) in [4.78, 5) is 37.0. The minimum absolute atomic E-state index is 0.200. The normalized spacial score (nSPS) is 14.1. The average molecular weight is 322 g/mol. The van der Waals surface area contributed by atoms with Crippen molar-refractivity contribution in [2.24, 2.45) is 0 Å². The molecule has 5 heteroatoms. The molecule has 1 N–H and O–H groups in total. The first-order valence-corrected chi connectivity index (χ1v) is 7.95. The molecule has 0 saturated carbocycles. The molecule has 1 fully saturated rings. The fraction of sp³-hybridized carbons (Fsp3) is 0.211. The molecule has 0 unspecified atom stereocenters. The summed E-state index contributed by atoms with van der Waals surface area (Å²) in [6, 6.07) is 14.2. The largest absolute Gasteiger partial charge is 0.322 e. The van der Waals surface area contributed by atoms with Crippen LogP contribution in [0.3, 0.4) is 0 Å². The second-order valence-corrected chi connectivity index (χ2v) is 5.63. The molecule has 0 spiro atoms. The molecule has 3 rings (SSSR count). The van der Waals surface area contributed by atoms with Crippen molar-refractivity contribution >= 4 is 29.1 Å². The van der Waals surface area contributed by atoms with Gasteiger partial charge in [0.05, 0.1) is 5.69 Å². The van der Waals surface area contributed by atoms with E-state index in [-0.39, 0.29) is 30.6 Å². The first-order chi connectivity index (χ1) is 11.6. The second-order valence-electron chi connectivity index (χ2n) is 5.63. The van der Waals surface area contributed by atoms with Crippen molar-refractivity contribution in [3.8, 4) is 0 Å². The quantitative estimate of drug-likeness (QED) is 0.879. The van der Waals surface area contributed by atoms with E-state index in [0.717, 1.165) is 17.7 Å². The third-order valence-corrected chi connectivity index (χ3v) is 4.09. The van der Waals surface area contributed by atoms with E-state index in [9.17, 15) is 14.4 Å². The van der Waals surface area contributed by atoms with E-state index in [0.29, 0.717) is 11.3 Å². The average Bonchev–Trinajstić information content (AvgIpc) is 2.94. The summed E-state index contributed by atoms with van der Waals surface area (Å²) in [7, 11) is 0. The van der Waals surface area contributed by atoms with Gasteiger partial charge in [-0.25, -0.2) is 0 Å². The van der Waals surface area contributed by atoms with E-state index in [4.69, 9.17) is 0 Å². The van der Waals surface area contributed by atoms with Crippen LogP contribution in [0.15, 0.2) is 48.5 Å². The van der Waals surface area contributed by atoms with Crippen molar-refractivity contribution in [2.45, 2.75) is 26.2 Å². The van der Waals surface area contributed by atoms with Gasteiger partial charge in [0.2, 0.25) is 11.8 Å². The Morgan fingerprint density at radius 3 is 2.25 bits per heavy atom. The summed E-state index contributed by atoms with van der Waals surface area (Å²) in [6.07, 6.45) is 1.32. The van der Waals surface area contributed by atoms with Crippen LogP contribution in [0.5, 0.6) is 0 Å². The first-order valence-electron chi connectivity index (χ1n) is 7.95. The number of amides is 3. The van der Waals surface area contributed by atoms with Gasteiger partial charge in [-0.2, -0.15) is 0 Å². The van der Waals surface area contributed by atoms with E-state index in [1.165, 1.54) is 4.90 Å². The molecule has 0 aliphatic carbocycles. The van der Waals surface area contributed by atoms with Crippen molar-refractivity contribution in [3.05, 3.63) is 59.7 Å². The van der Waals surface area contributed by atoms with Gasteiger partial charge in [-0.1, -0.05) is 25.1 Å². The summed E-state index contributed by atoms with van der Waals surface area (Å²) in [5, 5.41) is 2.90. The number of anilines is 2. The number of nitrogens with zero attached hydrogens (tertiary/aromatic N) is 1. The van der Waals surface area contributed by atoms with E-state index >= 15 is 0 Å². The molecule has 1 aliphatic heterocycles. The number of hydrogen-bond acceptors (Lipinski definition) is 3. The maximum absolute atomic E-state index is 12.4. The molecule has 0 bridgehead atoms. The van der Waals surface area contributed by atoms with Crippen LogP contribution in [0, 0.1) is 0 Å². The van der Waals surface area contributed by atoms with Crippen LogP contribution >= 0.6 is 0 Å². The maximum Gasteiger partial charge on any atom is 0.255 e. The second kappa shape index (κ2) is 6.66. The zero-order chi connectivity index (χ0) is 17.1. The van der Waals surface area contributed by atoms with Gasteiger partial charge < -0.3 is 5.32 Å². The summed E-state index contributed by atoms with van der Waals surface area (Å²) >= 11 is 0. The Labute approximate surface area is 140 Å². The molecular formula is C19H18N2O3. The predicted molar refractivity (Wildman–Crippen MR) is 91.9 cm³/mol. The Morgan fingerprint density at radius 1 is 1.00 bits per heavy atom. The van der Waals surface area contributed by atoms with Gasteiger partial charge in [0.25, 0.3) is 5.91 Å². The Balaban J connectivity index is 1.77. The minimum atomic E-state index is -0.221. The topological polar surface area (TPSA) is 66.5 Å². The highest BCUT2D eigenvalue weighted by Gasteiger charge is 2.30. The van der Waals surface area contributed by atoms with Crippen LogP contribution < -0.4 is 10.2 Å². The van der Waals surface area contributed by atoms with Crippen molar-refractivity contribution < 1.29 is 14.4 Å². The molecule has 2 aromatic rings. The van der Waals surface area contributed by atoms with E-state index in [1.807, 2.05) is 31.2 Å². The zero-order valence-electron chi connectivity index (χ0n) is 13.4. The van der Waals surface area contributed by atoms with E-state index in [2.05, 4.69) is 5.32 Å². The van der Waals surface area contributed by atoms with Crippen LogP contribution in [0.4, 0.5) is 11.4 Å². The summed E-state index contributed by atoms with van der Waals surface area (Å²) in [5.74, 6) is -0.621. The van der Waals surface area contributed by atoms with Gasteiger partial charge in [0.1, 0.15) is 0 Å². The lowest BCUT2D eigenvalue weighted by molar-refractivity contribution is -0.121. The summed E-state index contributed by atoms with van der Waals surface area (Å²) in [6.45, 7) is 2.03. The SMILES string of the molecule is CCc1ccccc1NC(=O)c1ccc(N2C(=O)CCC2=O)cc1. The number of carbonyl (C=O) groups excluding carboxylic acids is 3. The van der Waals surface area contributed by atoms with Crippen LogP contribution in [-0.2, 0) is 16.0 Å². The smallest absolute Gasteiger partial charge is 0.255 e. The lowest BCUT2D eigenvalue weighted by atomic mass is 10.1. The fourth-order valence-corrected chi connectivity index (χ4v) is 2.77. The molecule has 2 aromatic carbocycles. The minimum Gasteiger partial charge on any atom is -0.322 e. The Hall–Kier alpha value is -2.95. The van der Waals surface area contributed by atoms with Crippen LogP contribution in [0.25, 0.3) is 0 Å². The van der Waals surface area contributed by atoms with E-state index in [1.54, 1.807) is 24.3 Å². The number of rotatable bonds is 4. The van der Waals surface area contributed by atoms with Crippen LogP contribution in [0.2, 0.25) is 0 Å². The molecule has 24 heavy (non-hydrogen) atoms. The summed E-state index contributed by atoms with van der Waals surface area (Å²) in [5.41, 5.74) is 2.84. The number of benzene rings is 2. The third kappa shape index (κ3) is 3.06. The highest BCUT2D eigenvalue weighted by atomic mass is 16.2. The molecule has 1 heterocycles. The van der Waals surface area contributed by atoms with Crippen LogP contribution in [-0.4, -0.2) is 17.7 Å². The van der Waals surface area contributed by atoms with Gasteiger partial charge in [-0.05, 0) is 42.3 Å². The van der Waals surface area contributed by atoms with Crippen molar-refractivity contribution in [3.63, 3.8) is 0 Å². The van der Waals surface area contributed by atoms with E-state index < -0.39 is 0 Å². The monoisotopic (exact) mass is 322 g/mol. The van der Waals surface area contributed by atoms with Crippen molar-refractivity contribution in [1.82, 2.24) is 0 Å². The fourth-order valence-electron chi connectivity index (χ4n) is 2.77. The molecule has 0 atom stereocenters. The molecular weight excluding hydrogens is 304 g/mol. The molecule has 1 aliphatic rings. The Kier molecular flexibility index (Phi) is 4.42. The molecule has 1 saturated heterocycles. The van der Waals surface area contributed by atoms with Gasteiger partial charge >= 0.3 is 0 Å². The van der Waals surface area contributed by atoms with Gasteiger partial charge in [0, 0.05) is 24.1 Å². The van der Waals surface area contributed by atoms with Crippen molar-refractivity contribution in [2.75, 3.05) is 10.2 Å². The number of nitrogens with one attached hydrogen (secondary N) is 1. The third-order valence-electron chi connectivity index (χ3n) is 4.09. The highest BCUT2D eigenvalue weighted by molar-refractivity contribution is 6.20. The van der Waals surface area contributed by atoms with Crippen molar-refractivity contribution in [1.29, 1.82) is 0 Å². The molecule has 122 valence electrons. The Bertz CT molecular complexity index is 781.